The zero-order valence-electron chi connectivity index (χ0n) is 17.9. The molecule has 2 saturated heterocycles. The molecule has 5 rings (SSSR count). The van der Waals surface area contributed by atoms with Gasteiger partial charge in [-0.05, 0) is 49.2 Å². The SMILES string of the molecule is Cc1ccc(N2CC(C(=O)N3CCC4(CC(=O)c5ccccc5O4)C3)CC2=O)cc1C. The Morgan fingerprint density at radius 2 is 1.90 bits per heavy atom. The zero-order valence-corrected chi connectivity index (χ0v) is 17.9. The van der Waals surface area contributed by atoms with E-state index in [0.29, 0.717) is 37.4 Å². The van der Waals surface area contributed by atoms with Gasteiger partial charge in [-0.15, -0.1) is 0 Å². The second kappa shape index (κ2) is 7.22. The molecule has 0 aliphatic carbocycles. The second-order valence-corrected chi connectivity index (χ2v) is 9.06. The summed E-state index contributed by atoms with van der Waals surface area (Å²) in [6, 6.07) is 13.2. The number of carbonyl (C=O) groups is 3. The minimum Gasteiger partial charge on any atom is -0.484 e. The van der Waals surface area contributed by atoms with E-state index >= 15 is 0 Å². The van der Waals surface area contributed by atoms with Crippen molar-refractivity contribution in [2.45, 2.75) is 38.7 Å². The van der Waals surface area contributed by atoms with E-state index in [2.05, 4.69) is 0 Å². The second-order valence-electron chi connectivity index (χ2n) is 9.06. The van der Waals surface area contributed by atoms with Crippen LogP contribution in [0.4, 0.5) is 5.69 Å². The summed E-state index contributed by atoms with van der Waals surface area (Å²) in [6.45, 7) is 5.39. The molecule has 160 valence electrons. The van der Waals surface area contributed by atoms with Crippen molar-refractivity contribution in [2.75, 3.05) is 24.5 Å². The fourth-order valence-corrected chi connectivity index (χ4v) is 4.98. The number of ketones is 1. The normalized spacial score (nSPS) is 25.2. The first-order valence-corrected chi connectivity index (χ1v) is 10.8. The molecule has 31 heavy (non-hydrogen) atoms. The highest BCUT2D eigenvalue weighted by Gasteiger charge is 2.48. The number of likely N-dealkylation sites (tertiary alicyclic amines) is 1. The third-order valence-corrected chi connectivity index (χ3v) is 6.90. The van der Waals surface area contributed by atoms with Gasteiger partial charge in [-0.25, -0.2) is 0 Å². The molecule has 2 aromatic carbocycles. The Morgan fingerprint density at radius 1 is 1.10 bits per heavy atom. The number of ether oxygens (including phenoxy) is 1. The number of Topliss-reactive ketones (excluding diaryl/α,β-unsaturated/α-hetero) is 1. The van der Waals surface area contributed by atoms with Crippen molar-refractivity contribution >= 4 is 23.3 Å². The minimum absolute atomic E-state index is 0.0199. The van der Waals surface area contributed by atoms with Crippen molar-refractivity contribution in [3.05, 3.63) is 59.2 Å². The highest BCUT2D eigenvalue weighted by Crippen LogP contribution is 2.39. The van der Waals surface area contributed by atoms with Crippen LogP contribution < -0.4 is 9.64 Å². The van der Waals surface area contributed by atoms with E-state index in [1.807, 2.05) is 50.2 Å². The van der Waals surface area contributed by atoms with Crippen LogP contribution in [0.3, 0.4) is 0 Å². The van der Waals surface area contributed by atoms with Gasteiger partial charge in [0.2, 0.25) is 11.8 Å². The van der Waals surface area contributed by atoms with Gasteiger partial charge in [0.25, 0.3) is 0 Å². The fraction of sp³-hybridized carbons (Fsp3) is 0.400. The monoisotopic (exact) mass is 418 g/mol. The number of rotatable bonds is 2. The third-order valence-electron chi connectivity index (χ3n) is 6.90. The number of benzene rings is 2. The van der Waals surface area contributed by atoms with Gasteiger partial charge in [-0.3, -0.25) is 14.4 Å². The molecule has 0 radical (unpaired) electrons. The van der Waals surface area contributed by atoms with Crippen LogP contribution in [0.1, 0.15) is 40.7 Å². The predicted octanol–water partition coefficient (Wildman–Crippen LogP) is 3.29. The number of hydrogen-bond donors (Lipinski definition) is 0. The lowest BCUT2D eigenvalue weighted by atomic mass is 9.89. The Hall–Kier alpha value is -3.15. The van der Waals surface area contributed by atoms with E-state index in [1.54, 1.807) is 15.9 Å². The van der Waals surface area contributed by atoms with Crippen LogP contribution in [-0.4, -0.2) is 47.7 Å². The molecule has 2 amide bonds. The van der Waals surface area contributed by atoms with Crippen LogP contribution in [-0.2, 0) is 9.59 Å². The molecule has 1 spiro atoms. The van der Waals surface area contributed by atoms with Crippen LogP contribution in [0.25, 0.3) is 0 Å². The zero-order chi connectivity index (χ0) is 21.8. The summed E-state index contributed by atoms with van der Waals surface area (Å²) in [4.78, 5) is 42.1. The number of nitrogens with zero attached hydrogens (tertiary/aromatic N) is 2. The molecule has 2 aromatic rings. The minimum atomic E-state index is -0.655. The Kier molecular flexibility index (Phi) is 4.61. The maximum absolute atomic E-state index is 13.3. The lowest BCUT2D eigenvalue weighted by Crippen LogP contribution is -2.46. The predicted molar refractivity (Wildman–Crippen MR) is 116 cm³/mol. The van der Waals surface area contributed by atoms with Gasteiger partial charge in [0.15, 0.2) is 5.78 Å². The van der Waals surface area contributed by atoms with E-state index in [9.17, 15) is 14.4 Å². The van der Waals surface area contributed by atoms with E-state index in [0.717, 1.165) is 11.3 Å². The first-order valence-electron chi connectivity index (χ1n) is 10.8. The standard InChI is InChI=1S/C25H26N2O4/c1-16-7-8-19(11-17(16)2)27-14-18(12-23(27)29)24(30)26-10-9-25(15-26)13-21(28)20-5-3-4-6-22(20)31-25/h3-8,11,18H,9-10,12-15H2,1-2H3. The molecule has 0 N–H and O–H groups in total. The van der Waals surface area contributed by atoms with Crippen molar-refractivity contribution in [2.24, 2.45) is 5.92 Å². The van der Waals surface area contributed by atoms with Crippen molar-refractivity contribution in [3.8, 4) is 5.75 Å². The van der Waals surface area contributed by atoms with Gasteiger partial charge in [-0.2, -0.15) is 0 Å². The molecule has 2 atom stereocenters. The Balaban J connectivity index is 1.29. The highest BCUT2D eigenvalue weighted by molar-refractivity contribution is 6.01. The lowest BCUT2D eigenvalue weighted by Gasteiger charge is -2.34. The van der Waals surface area contributed by atoms with Crippen LogP contribution >= 0.6 is 0 Å². The Bertz CT molecular complexity index is 1090. The first kappa shape index (κ1) is 19.8. The number of aryl methyl sites for hydroxylation is 2. The summed E-state index contributed by atoms with van der Waals surface area (Å²) in [5.41, 5.74) is 3.11. The van der Waals surface area contributed by atoms with E-state index < -0.39 is 5.60 Å². The molecule has 0 aromatic heterocycles. The lowest BCUT2D eigenvalue weighted by molar-refractivity contribution is -0.135. The average Bonchev–Trinajstić information content (AvgIpc) is 3.33. The molecule has 3 heterocycles. The number of hydrogen-bond acceptors (Lipinski definition) is 4. The highest BCUT2D eigenvalue weighted by atomic mass is 16.5. The molecule has 3 aliphatic rings. The van der Waals surface area contributed by atoms with Crippen molar-refractivity contribution in [1.29, 1.82) is 0 Å². The number of amides is 2. The average molecular weight is 418 g/mol. The number of anilines is 1. The first-order chi connectivity index (χ1) is 14.8. The smallest absolute Gasteiger partial charge is 0.228 e. The van der Waals surface area contributed by atoms with Gasteiger partial charge in [0, 0.05) is 31.6 Å². The molecule has 2 unspecified atom stereocenters. The fourth-order valence-electron chi connectivity index (χ4n) is 4.98. The Labute approximate surface area is 181 Å². The Morgan fingerprint density at radius 3 is 2.71 bits per heavy atom. The van der Waals surface area contributed by atoms with Crippen molar-refractivity contribution < 1.29 is 19.1 Å². The van der Waals surface area contributed by atoms with Gasteiger partial charge < -0.3 is 14.5 Å². The van der Waals surface area contributed by atoms with Gasteiger partial charge in [0.1, 0.15) is 11.4 Å². The van der Waals surface area contributed by atoms with Crippen molar-refractivity contribution in [1.82, 2.24) is 4.90 Å². The topological polar surface area (TPSA) is 66.9 Å². The molecule has 6 heteroatoms. The van der Waals surface area contributed by atoms with E-state index in [1.165, 1.54) is 5.56 Å². The molecule has 3 aliphatic heterocycles. The summed E-state index contributed by atoms with van der Waals surface area (Å²) < 4.78 is 6.24. The van der Waals surface area contributed by atoms with Gasteiger partial charge >= 0.3 is 0 Å². The third kappa shape index (κ3) is 3.40. The quantitative estimate of drug-likeness (QED) is 0.751. The molecule has 0 saturated carbocycles. The molecule has 0 bridgehead atoms. The number of fused-ring (bicyclic) bond motifs is 1. The molecular weight excluding hydrogens is 392 g/mol. The van der Waals surface area contributed by atoms with Crippen LogP contribution in [0.15, 0.2) is 42.5 Å². The maximum Gasteiger partial charge on any atom is 0.228 e. The maximum atomic E-state index is 13.3. The van der Waals surface area contributed by atoms with Gasteiger partial charge in [-0.1, -0.05) is 18.2 Å². The summed E-state index contributed by atoms with van der Waals surface area (Å²) in [5, 5.41) is 0. The van der Waals surface area contributed by atoms with E-state index in [4.69, 9.17) is 4.74 Å². The number of para-hydroxylation sites is 1. The van der Waals surface area contributed by atoms with Crippen LogP contribution in [0.5, 0.6) is 5.75 Å². The molecular formula is C25H26N2O4. The van der Waals surface area contributed by atoms with Crippen LogP contribution in [0, 0.1) is 19.8 Å². The van der Waals surface area contributed by atoms with Crippen molar-refractivity contribution in [3.63, 3.8) is 0 Å². The van der Waals surface area contributed by atoms with Gasteiger partial charge in [0.05, 0.1) is 24.4 Å². The largest absolute Gasteiger partial charge is 0.484 e. The van der Waals surface area contributed by atoms with Crippen LogP contribution in [0.2, 0.25) is 0 Å². The summed E-state index contributed by atoms with van der Waals surface area (Å²) in [7, 11) is 0. The van der Waals surface area contributed by atoms with E-state index in [-0.39, 0.29) is 36.4 Å². The summed E-state index contributed by atoms with van der Waals surface area (Å²) >= 11 is 0. The molecule has 6 nitrogen and oxygen atoms in total. The molecule has 2 fully saturated rings. The summed E-state index contributed by atoms with van der Waals surface area (Å²) in [6.07, 6.45) is 1.13. The summed E-state index contributed by atoms with van der Waals surface area (Å²) in [5.74, 6) is 0.258. The number of carbonyl (C=O) groups excluding carboxylic acids is 3.